The van der Waals surface area contributed by atoms with E-state index in [0.717, 1.165) is 22.0 Å². The first kappa shape index (κ1) is 16.1. The molecule has 0 unspecified atom stereocenters. The second-order valence-corrected chi connectivity index (χ2v) is 5.95. The Kier molecular flexibility index (Phi) is 5.14. The third-order valence-corrected chi connectivity index (χ3v) is 3.91. The van der Waals surface area contributed by atoms with Crippen LogP contribution in [-0.4, -0.2) is 10.8 Å². The fraction of sp³-hybridized carbons (Fsp3) is 0.0476. The Labute approximate surface area is 146 Å². The van der Waals surface area contributed by atoms with Crippen LogP contribution in [0.1, 0.15) is 12.0 Å². The van der Waals surface area contributed by atoms with Crippen LogP contribution >= 0.6 is 12.2 Å². The average molecular weight is 331 g/mol. The SMILES string of the molecule is O=C(/C=C/c1ccccc1)CC(=S)Nc1cccc2ccccc12. The Bertz CT molecular complexity index is 895. The van der Waals surface area contributed by atoms with Crippen LogP contribution in [0.25, 0.3) is 16.8 Å². The molecule has 0 aromatic heterocycles. The van der Waals surface area contributed by atoms with E-state index in [4.69, 9.17) is 12.2 Å². The maximum absolute atomic E-state index is 12.1. The first-order chi connectivity index (χ1) is 11.7. The van der Waals surface area contributed by atoms with Gasteiger partial charge in [0.15, 0.2) is 5.78 Å². The van der Waals surface area contributed by atoms with E-state index in [1.54, 1.807) is 6.08 Å². The fourth-order valence-electron chi connectivity index (χ4n) is 2.50. The van der Waals surface area contributed by atoms with Crippen molar-refractivity contribution < 1.29 is 4.79 Å². The van der Waals surface area contributed by atoms with Crippen molar-refractivity contribution in [1.82, 2.24) is 0 Å². The number of benzene rings is 3. The highest BCUT2D eigenvalue weighted by Gasteiger charge is 2.06. The molecule has 0 atom stereocenters. The summed E-state index contributed by atoms with van der Waals surface area (Å²) in [6, 6.07) is 23.8. The van der Waals surface area contributed by atoms with Crippen LogP contribution in [-0.2, 0) is 4.79 Å². The summed E-state index contributed by atoms with van der Waals surface area (Å²) in [7, 11) is 0. The van der Waals surface area contributed by atoms with Gasteiger partial charge in [0, 0.05) is 11.1 Å². The van der Waals surface area contributed by atoms with Crippen molar-refractivity contribution in [2.45, 2.75) is 6.42 Å². The minimum absolute atomic E-state index is 0.0170. The Morgan fingerprint density at radius 2 is 1.62 bits per heavy atom. The van der Waals surface area contributed by atoms with Gasteiger partial charge in [0.2, 0.25) is 0 Å². The van der Waals surface area contributed by atoms with E-state index in [1.165, 1.54) is 0 Å². The number of ketones is 1. The molecule has 118 valence electrons. The van der Waals surface area contributed by atoms with E-state index in [2.05, 4.69) is 17.4 Å². The van der Waals surface area contributed by atoms with Crippen molar-refractivity contribution in [1.29, 1.82) is 0 Å². The van der Waals surface area contributed by atoms with E-state index in [9.17, 15) is 4.79 Å². The molecule has 3 heteroatoms. The van der Waals surface area contributed by atoms with Gasteiger partial charge in [0.05, 0.1) is 11.4 Å². The minimum atomic E-state index is -0.0170. The van der Waals surface area contributed by atoms with Gasteiger partial charge < -0.3 is 5.32 Å². The molecule has 24 heavy (non-hydrogen) atoms. The molecule has 0 aliphatic carbocycles. The number of hydrogen-bond donors (Lipinski definition) is 1. The Balaban J connectivity index is 1.65. The number of thiocarbonyl (C=S) groups is 1. The summed E-state index contributed by atoms with van der Waals surface area (Å²) in [5.74, 6) is -0.0170. The average Bonchev–Trinajstić information content (AvgIpc) is 2.61. The lowest BCUT2D eigenvalue weighted by atomic mass is 10.1. The molecule has 0 amide bonds. The number of rotatable bonds is 5. The van der Waals surface area contributed by atoms with E-state index < -0.39 is 0 Å². The summed E-state index contributed by atoms with van der Waals surface area (Å²) in [6.07, 6.45) is 3.58. The van der Waals surface area contributed by atoms with Crippen molar-refractivity contribution in [3.8, 4) is 0 Å². The van der Waals surface area contributed by atoms with Gasteiger partial charge in [-0.2, -0.15) is 0 Å². The van der Waals surface area contributed by atoms with Crippen LogP contribution in [0.2, 0.25) is 0 Å². The highest BCUT2D eigenvalue weighted by atomic mass is 32.1. The van der Waals surface area contributed by atoms with Gasteiger partial charge in [-0.15, -0.1) is 0 Å². The Morgan fingerprint density at radius 3 is 2.46 bits per heavy atom. The smallest absolute Gasteiger partial charge is 0.162 e. The molecule has 0 saturated heterocycles. The quantitative estimate of drug-likeness (QED) is 0.511. The van der Waals surface area contributed by atoms with Crippen molar-refractivity contribution in [3.05, 3.63) is 84.4 Å². The molecule has 0 radical (unpaired) electrons. The summed E-state index contributed by atoms with van der Waals surface area (Å²) >= 11 is 5.34. The topological polar surface area (TPSA) is 29.1 Å². The molecule has 3 aromatic rings. The molecule has 3 rings (SSSR count). The summed E-state index contributed by atoms with van der Waals surface area (Å²) in [6.45, 7) is 0. The fourth-order valence-corrected chi connectivity index (χ4v) is 2.75. The summed E-state index contributed by atoms with van der Waals surface area (Å²) < 4.78 is 0. The number of allylic oxidation sites excluding steroid dienone is 1. The monoisotopic (exact) mass is 331 g/mol. The van der Waals surface area contributed by atoms with Crippen LogP contribution in [0, 0.1) is 0 Å². The zero-order valence-electron chi connectivity index (χ0n) is 13.1. The zero-order valence-corrected chi connectivity index (χ0v) is 13.9. The molecule has 3 aromatic carbocycles. The van der Waals surface area contributed by atoms with Crippen molar-refractivity contribution >= 4 is 45.5 Å². The van der Waals surface area contributed by atoms with Crippen LogP contribution in [0.5, 0.6) is 0 Å². The molecule has 0 aliphatic rings. The van der Waals surface area contributed by atoms with Gasteiger partial charge in [-0.05, 0) is 23.1 Å². The minimum Gasteiger partial charge on any atom is -0.349 e. The molecule has 0 heterocycles. The zero-order chi connectivity index (χ0) is 16.8. The molecule has 0 saturated carbocycles. The molecular formula is C21H17NOS. The van der Waals surface area contributed by atoms with Crippen LogP contribution in [0.4, 0.5) is 5.69 Å². The molecule has 0 spiro atoms. The molecule has 1 N–H and O–H groups in total. The van der Waals surface area contributed by atoms with Crippen LogP contribution < -0.4 is 5.32 Å². The van der Waals surface area contributed by atoms with E-state index in [-0.39, 0.29) is 12.2 Å². The standard InChI is InChI=1S/C21H17NOS/c23-18(14-13-16-7-2-1-3-8-16)15-21(24)22-20-12-6-10-17-9-4-5-11-19(17)20/h1-14H,15H2,(H,22,24)/b14-13+. The third kappa shape index (κ3) is 4.15. The first-order valence-electron chi connectivity index (χ1n) is 7.76. The van der Waals surface area contributed by atoms with Crippen LogP contribution in [0.15, 0.2) is 78.9 Å². The van der Waals surface area contributed by atoms with Crippen molar-refractivity contribution in [2.24, 2.45) is 0 Å². The van der Waals surface area contributed by atoms with Gasteiger partial charge >= 0.3 is 0 Å². The predicted octanol–water partition coefficient (Wildman–Crippen LogP) is 5.25. The summed E-state index contributed by atoms with van der Waals surface area (Å²) in [5, 5.41) is 5.42. The number of fused-ring (bicyclic) bond motifs is 1. The highest BCUT2D eigenvalue weighted by molar-refractivity contribution is 7.80. The maximum atomic E-state index is 12.1. The molecule has 0 bridgehead atoms. The van der Waals surface area contributed by atoms with E-state index >= 15 is 0 Å². The predicted molar refractivity (Wildman–Crippen MR) is 105 cm³/mol. The van der Waals surface area contributed by atoms with E-state index in [0.29, 0.717) is 4.99 Å². The largest absolute Gasteiger partial charge is 0.349 e. The number of hydrogen-bond acceptors (Lipinski definition) is 2. The number of carbonyl (C=O) groups excluding carboxylic acids is 1. The summed E-state index contributed by atoms with van der Waals surface area (Å²) in [4.78, 5) is 12.6. The van der Waals surface area contributed by atoms with Crippen LogP contribution in [0.3, 0.4) is 0 Å². The maximum Gasteiger partial charge on any atom is 0.162 e. The Hall–Kier alpha value is -2.78. The molecule has 0 aliphatic heterocycles. The van der Waals surface area contributed by atoms with E-state index in [1.807, 2.05) is 66.7 Å². The highest BCUT2D eigenvalue weighted by Crippen LogP contribution is 2.23. The van der Waals surface area contributed by atoms with Gasteiger partial charge in [-0.1, -0.05) is 85.0 Å². The van der Waals surface area contributed by atoms with Crippen molar-refractivity contribution in [2.75, 3.05) is 5.32 Å². The molecular weight excluding hydrogens is 314 g/mol. The lowest BCUT2D eigenvalue weighted by molar-refractivity contribution is -0.113. The summed E-state index contributed by atoms with van der Waals surface area (Å²) in [5.41, 5.74) is 1.93. The van der Waals surface area contributed by atoms with Crippen molar-refractivity contribution in [3.63, 3.8) is 0 Å². The second-order valence-electron chi connectivity index (χ2n) is 5.46. The number of carbonyl (C=O) groups is 1. The molecule has 2 nitrogen and oxygen atoms in total. The lowest BCUT2D eigenvalue weighted by Gasteiger charge is -2.09. The third-order valence-electron chi connectivity index (χ3n) is 3.66. The first-order valence-corrected chi connectivity index (χ1v) is 8.17. The van der Waals surface area contributed by atoms with Gasteiger partial charge in [0.25, 0.3) is 0 Å². The normalized spacial score (nSPS) is 10.8. The Morgan fingerprint density at radius 1 is 0.917 bits per heavy atom. The van der Waals surface area contributed by atoms with Gasteiger partial charge in [-0.25, -0.2) is 0 Å². The van der Waals surface area contributed by atoms with Gasteiger partial charge in [0.1, 0.15) is 0 Å². The number of nitrogens with one attached hydrogen (secondary N) is 1. The molecule has 0 fully saturated rings. The van der Waals surface area contributed by atoms with Gasteiger partial charge in [-0.3, -0.25) is 4.79 Å². The lowest BCUT2D eigenvalue weighted by Crippen LogP contribution is -2.13. The number of anilines is 1. The second kappa shape index (κ2) is 7.66.